The predicted molar refractivity (Wildman–Crippen MR) is 106 cm³/mol. The zero-order valence-corrected chi connectivity index (χ0v) is 16.2. The summed E-state index contributed by atoms with van der Waals surface area (Å²) in [6.07, 6.45) is 2.83. The van der Waals surface area contributed by atoms with Crippen LogP contribution in [0.25, 0.3) is 0 Å². The molecule has 3 heterocycles. The van der Waals surface area contributed by atoms with E-state index in [1.54, 1.807) is 19.9 Å². The van der Waals surface area contributed by atoms with Gasteiger partial charge in [0.25, 0.3) is 0 Å². The molecule has 10 nitrogen and oxygen atoms in total. The molecule has 2 aromatic heterocycles. The lowest BCUT2D eigenvalue weighted by Crippen LogP contribution is -2.42. The van der Waals surface area contributed by atoms with Gasteiger partial charge < -0.3 is 25.8 Å². The molecule has 2 aromatic rings. The highest BCUT2D eigenvalue weighted by Crippen LogP contribution is 2.19. The SMILES string of the molecule is CC(C)(O)C#Cc1nnc(Nc2cnc(C#N)cn2)cc1NC[C@@H]1CNCCO1. The monoisotopic (exact) mass is 394 g/mol. The molecule has 3 rings (SSSR count). The highest BCUT2D eigenvalue weighted by Gasteiger charge is 2.15. The van der Waals surface area contributed by atoms with Gasteiger partial charge in [-0.1, -0.05) is 5.92 Å². The van der Waals surface area contributed by atoms with E-state index in [2.05, 4.69) is 48.0 Å². The van der Waals surface area contributed by atoms with E-state index in [9.17, 15) is 5.11 Å². The fraction of sp³-hybridized carbons (Fsp3) is 0.421. The third kappa shape index (κ3) is 6.36. The Balaban J connectivity index is 1.80. The molecule has 29 heavy (non-hydrogen) atoms. The summed E-state index contributed by atoms with van der Waals surface area (Å²) in [5, 5.41) is 36.5. The smallest absolute Gasteiger partial charge is 0.159 e. The van der Waals surface area contributed by atoms with E-state index in [0.717, 1.165) is 13.1 Å². The third-order valence-corrected chi connectivity index (χ3v) is 3.83. The Labute approximate surface area is 168 Å². The Bertz CT molecular complexity index is 932. The Morgan fingerprint density at radius 2 is 2.17 bits per heavy atom. The van der Waals surface area contributed by atoms with Gasteiger partial charge in [-0.25, -0.2) is 9.97 Å². The molecule has 0 spiro atoms. The number of ether oxygens (including phenoxy) is 1. The molecule has 4 N–H and O–H groups in total. The highest BCUT2D eigenvalue weighted by atomic mass is 16.5. The Morgan fingerprint density at radius 3 is 2.83 bits per heavy atom. The number of aliphatic hydroxyl groups is 1. The quantitative estimate of drug-likeness (QED) is 0.527. The van der Waals surface area contributed by atoms with E-state index in [-0.39, 0.29) is 11.8 Å². The van der Waals surface area contributed by atoms with Gasteiger partial charge in [-0.3, -0.25) is 0 Å². The van der Waals surface area contributed by atoms with Crippen LogP contribution in [0.2, 0.25) is 0 Å². The summed E-state index contributed by atoms with van der Waals surface area (Å²) >= 11 is 0. The van der Waals surface area contributed by atoms with Crippen LogP contribution in [0.1, 0.15) is 25.2 Å². The lowest BCUT2D eigenvalue weighted by atomic mass is 10.1. The number of nitrogens with zero attached hydrogens (tertiary/aromatic N) is 5. The van der Waals surface area contributed by atoms with Crippen molar-refractivity contribution in [1.82, 2.24) is 25.5 Å². The van der Waals surface area contributed by atoms with Gasteiger partial charge >= 0.3 is 0 Å². The van der Waals surface area contributed by atoms with Crippen molar-refractivity contribution >= 4 is 17.3 Å². The van der Waals surface area contributed by atoms with E-state index in [0.29, 0.717) is 36.2 Å². The van der Waals surface area contributed by atoms with Crippen molar-refractivity contribution in [2.45, 2.75) is 25.6 Å². The van der Waals surface area contributed by atoms with Crippen molar-refractivity contribution in [2.24, 2.45) is 0 Å². The molecule has 0 aliphatic carbocycles. The highest BCUT2D eigenvalue weighted by molar-refractivity contribution is 5.63. The van der Waals surface area contributed by atoms with E-state index >= 15 is 0 Å². The number of morpholine rings is 1. The van der Waals surface area contributed by atoms with E-state index < -0.39 is 5.60 Å². The van der Waals surface area contributed by atoms with Crippen LogP contribution in [-0.4, -0.2) is 63.2 Å². The summed E-state index contributed by atoms with van der Waals surface area (Å²) in [7, 11) is 0. The summed E-state index contributed by atoms with van der Waals surface area (Å²) in [6.45, 7) is 6.02. The second kappa shape index (κ2) is 9.26. The second-order valence-electron chi connectivity index (χ2n) is 6.90. The fourth-order valence-corrected chi connectivity index (χ4v) is 2.45. The Kier molecular flexibility index (Phi) is 6.52. The first-order chi connectivity index (χ1) is 13.9. The minimum absolute atomic E-state index is 0.0211. The van der Waals surface area contributed by atoms with Gasteiger partial charge in [0.1, 0.15) is 17.5 Å². The number of nitrogens with one attached hydrogen (secondary N) is 3. The molecule has 0 amide bonds. The topological polar surface area (TPSA) is 141 Å². The normalized spacial score (nSPS) is 16.3. The van der Waals surface area contributed by atoms with Gasteiger partial charge in [-0.2, -0.15) is 5.26 Å². The number of nitriles is 1. The van der Waals surface area contributed by atoms with Crippen LogP contribution >= 0.6 is 0 Å². The average Bonchev–Trinajstić information content (AvgIpc) is 2.72. The molecule has 1 atom stereocenters. The van der Waals surface area contributed by atoms with Crippen molar-refractivity contribution in [3.8, 4) is 17.9 Å². The number of hydrogen-bond acceptors (Lipinski definition) is 10. The van der Waals surface area contributed by atoms with Crippen LogP contribution < -0.4 is 16.0 Å². The first-order valence-electron chi connectivity index (χ1n) is 9.11. The summed E-state index contributed by atoms with van der Waals surface area (Å²) in [6, 6.07) is 3.66. The molecule has 0 bridgehead atoms. The first kappa shape index (κ1) is 20.4. The van der Waals surface area contributed by atoms with Crippen LogP contribution in [0.4, 0.5) is 17.3 Å². The van der Waals surface area contributed by atoms with Crippen molar-refractivity contribution in [3.05, 3.63) is 29.8 Å². The van der Waals surface area contributed by atoms with E-state index in [1.165, 1.54) is 12.4 Å². The maximum Gasteiger partial charge on any atom is 0.159 e. The van der Waals surface area contributed by atoms with E-state index in [1.807, 2.05) is 6.07 Å². The van der Waals surface area contributed by atoms with Crippen LogP contribution in [0, 0.1) is 23.2 Å². The lowest BCUT2D eigenvalue weighted by Gasteiger charge is -2.24. The van der Waals surface area contributed by atoms with Crippen LogP contribution in [-0.2, 0) is 4.74 Å². The summed E-state index contributed by atoms with van der Waals surface area (Å²) in [4.78, 5) is 8.08. The lowest BCUT2D eigenvalue weighted by molar-refractivity contribution is 0.0372. The molecule has 1 aliphatic heterocycles. The molecule has 0 radical (unpaired) electrons. The minimum atomic E-state index is -1.15. The van der Waals surface area contributed by atoms with Crippen LogP contribution in [0.5, 0.6) is 0 Å². The van der Waals surface area contributed by atoms with Crippen LogP contribution in [0.15, 0.2) is 18.5 Å². The maximum absolute atomic E-state index is 9.87. The zero-order chi connectivity index (χ0) is 20.7. The molecular weight excluding hydrogens is 372 g/mol. The van der Waals surface area contributed by atoms with Gasteiger partial charge in [0, 0.05) is 25.7 Å². The van der Waals surface area contributed by atoms with Gasteiger partial charge in [-0.15, -0.1) is 10.2 Å². The second-order valence-corrected chi connectivity index (χ2v) is 6.90. The van der Waals surface area contributed by atoms with E-state index in [4.69, 9.17) is 10.00 Å². The standard InChI is InChI=1S/C19H22N8O2/c1-19(2,28)4-3-15-16(23-11-14-10-21-5-6-29-14)7-17(27-26-15)25-18-12-22-13(8-20)9-24-18/h7,9,12,14,21,28H,5-6,10-11H2,1-2H3,(H2,23,24,25,27)/t14-/m0/s1. The first-order valence-corrected chi connectivity index (χ1v) is 9.11. The number of anilines is 3. The molecule has 10 heteroatoms. The molecule has 0 aromatic carbocycles. The largest absolute Gasteiger partial charge is 0.380 e. The zero-order valence-electron chi connectivity index (χ0n) is 16.2. The number of rotatable bonds is 5. The Hall–Kier alpha value is -3.31. The fourth-order valence-electron chi connectivity index (χ4n) is 2.45. The maximum atomic E-state index is 9.87. The number of aromatic nitrogens is 4. The molecule has 0 unspecified atom stereocenters. The van der Waals surface area contributed by atoms with Gasteiger partial charge in [0.05, 0.1) is 30.8 Å². The average molecular weight is 394 g/mol. The summed E-state index contributed by atoms with van der Waals surface area (Å²) < 4.78 is 5.70. The number of hydrogen-bond donors (Lipinski definition) is 4. The van der Waals surface area contributed by atoms with Gasteiger partial charge in [0.15, 0.2) is 17.2 Å². The third-order valence-electron chi connectivity index (χ3n) is 3.83. The minimum Gasteiger partial charge on any atom is -0.380 e. The summed E-state index contributed by atoms with van der Waals surface area (Å²) in [5.74, 6) is 6.47. The molecular formula is C19H22N8O2. The molecule has 1 fully saturated rings. The predicted octanol–water partition coefficient (Wildman–Crippen LogP) is 0.405. The van der Waals surface area contributed by atoms with Crippen molar-refractivity contribution in [3.63, 3.8) is 0 Å². The summed E-state index contributed by atoms with van der Waals surface area (Å²) in [5.41, 5.74) is 0.134. The van der Waals surface area contributed by atoms with Crippen molar-refractivity contribution < 1.29 is 9.84 Å². The molecule has 0 saturated carbocycles. The van der Waals surface area contributed by atoms with Crippen molar-refractivity contribution in [1.29, 1.82) is 5.26 Å². The molecule has 1 aliphatic rings. The van der Waals surface area contributed by atoms with Gasteiger partial charge in [0.2, 0.25) is 0 Å². The molecule has 1 saturated heterocycles. The van der Waals surface area contributed by atoms with Crippen molar-refractivity contribution in [2.75, 3.05) is 36.9 Å². The van der Waals surface area contributed by atoms with Gasteiger partial charge in [-0.05, 0) is 19.8 Å². The molecule has 150 valence electrons. The Morgan fingerprint density at radius 1 is 1.31 bits per heavy atom. The van der Waals surface area contributed by atoms with Crippen LogP contribution in [0.3, 0.4) is 0 Å².